The molecule has 0 spiro atoms. The van der Waals surface area contributed by atoms with Crippen molar-refractivity contribution in [2.75, 3.05) is 37.6 Å². The van der Waals surface area contributed by atoms with Gasteiger partial charge < -0.3 is 14.9 Å². The highest BCUT2D eigenvalue weighted by Crippen LogP contribution is 2.29. The predicted octanol–water partition coefficient (Wildman–Crippen LogP) is 1.97. The maximum absolute atomic E-state index is 12.6. The number of rotatable bonds is 7. The van der Waals surface area contributed by atoms with Crippen molar-refractivity contribution in [3.05, 3.63) is 29.8 Å². The van der Waals surface area contributed by atoms with E-state index in [1.54, 1.807) is 11.8 Å². The summed E-state index contributed by atoms with van der Waals surface area (Å²) in [5, 5.41) is 9.24. The Morgan fingerprint density at radius 2 is 1.92 bits per heavy atom. The van der Waals surface area contributed by atoms with Gasteiger partial charge >= 0.3 is 5.97 Å². The fourth-order valence-corrected chi connectivity index (χ4v) is 3.64. The van der Waals surface area contributed by atoms with Crippen molar-refractivity contribution in [2.24, 2.45) is 0 Å². The van der Waals surface area contributed by atoms with Crippen molar-refractivity contribution >= 4 is 17.6 Å². The molecule has 142 valence electrons. The fraction of sp³-hybridized carbons (Fsp3) is 0.600. The lowest BCUT2D eigenvalue weighted by Gasteiger charge is -2.36. The van der Waals surface area contributed by atoms with Crippen LogP contribution in [0.5, 0.6) is 0 Å². The maximum Gasteiger partial charge on any atom is 0.326 e. The van der Waals surface area contributed by atoms with E-state index in [2.05, 4.69) is 41.0 Å². The van der Waals surface area contributed by atoms with Gasteiger partial charge in [0.15, 0.2) is 0 Å². The molecule has 6 nitrogen and oxygen atoms in total. The quantitative estimate of drug-likeness (QED) is 0.806. The lowest BCUT2D eigenvalue weighted by molar-refractivity contribution is -0.150. The standard InChI is InChI=1S/C20H29N3O3/c1-15-4-3-5-18(14-15)22-12-10-21(11-13-22)9-8-19(24)23(17-6-7-17)16(2)20(25)26/h3-5,14,16-17H,6-13H2,1-2H3,(H,25,26). The van der Waals surface area contributed by atoms with E-state index in [0.717, 1.165) is 39.0 Å². The molecule has 1 saturated carbocycles. The Morgan fingerprint density at radius 1 is 1.23 bits per heavy atom. The third-order valence-corrected chi connectivity index (χ3v) is 5.38. The zero-order chi connectivity index (χ0) is 18.7. The van der Waals surface area contributed by atoms with Gasteiger partial charge in [-0.15, -0.1) is 0 Å². The molecule has 1 saturated heterocycles. The van der Waals surface area contributed by atoms with Gasteiger partial charge in [0.25, 0.3) is 0 Å². The summed E-state index contributed by atoms with van der Waals surface area (Å²) in [6.07, 6.45) is 2.26. The van der Waals surface area contributed by atoms with Crippen molar-refractivity contribution in [2.45, 2.75) is 45.2 Å². The van der Waals surface area contributed by atoms with Gasteiger partial charge in [-0.2, -0.15) is 0 Å². The molecule has 1 aromatic rings. The van der Waals surface area contributed by atoms with Crippen LogP contribution in [0.2, 0.25) is 0 Å². The molecule has 0 radical (unpaired) electrons. The predicted molar refractivity (Wildman–Crippen MR) is 101 cm³/mol. The topological polar surface area (TPSA) is 64.1 Å². The molecule has 3 rings (SSSR count). The summed E-state index contributed by atoms with van der Waals surface area (Å²) in [5.41, 5.74) is 2.53. The molecule has 1 heterocycles. The monoisotopic (exact) mass is 359 g/mol. The van der Waals surface area contributed by atoms with Crippen LogP contribution in [0, 0.1) is 6.92 Å². The van der Waals surface area contributed by atoms with Crippen LogP contribution in [-0.4, -0.2) is 71.6 Å². The van der Waals surface area contributed by atoms with Crippen molar-refractivity contribution in [3.8, 4) is 0 Å². The lowest BCUT2D eigenvalue weighted by Crippen LogP contribution is -2.49. The molecule has 2 aliphatic rings. The zero-order valence-corrected chi connectivity index (χ0v) is 15.7. The first kappa shape index (κ1) is 18.7. The minimum Gasteiger partial charge on any atom is -0.480 e. The molecule has 1 N–H and O–H groups in total. The highest BCUT2D eigenvalue weighted by atomic mass is 16.4. The molecule has 1 aliphatic carbocycles. The minimum atomic E-state index is -0.919. The van der Waals surface area contributed by atoms with E-state index >= 15 is 0 Å². The third kappa shape index (κ3) is 4.55. The Balaban J connectivity index is 1.47. The summed E-state index contributed by atoms with van der Waals surface area (Å²) in [6, 6.07) is 7.95. The van der Waals surface area contributed by atoms with Gasteiger partial charge in [-0.3, -0.25) is 9.69 Å². The second-order valence-electron chi connectivity index (χ2n) is 7.46. The number of carbonyl (C=O) groups is 2. The minimum absolute atomic E-state index is 0.0245. The number of aliphatic carboxylic acids is 1. The van der Waals surface area contributed by atoms with Crippen LogP contribution < -0.4 is 4.90 Å². The number of anilines is 1. The summed E-state index contributed by atoms with van der Waals surface area (Å²) < 4.78 is 0. The SMILES string of the molecule is Cc1cccc(N2CCN(CCC(=O)N(C3CC3)C(C)C(=O)O)CC2)c1. The van der Waals surface area contributed by atoms with Gasteiger partial charge in [0.05, 0.1) is 0 Å². The van der Waals surface area contributed by atoms with E-state index in [9.17, 15) is 14.7 Å². The van der Waals surface area contributed by atoms with Crippen LogP contribution in [-0.2, 0) is 9.59 Å². The van der Waals surface area contributed by atoms with Gasteiger partial charge in [-0.1, -0.05) is 12.1 Å². The summed E-state index contributed by atoms with van der Waals surface area (Å²) >= 11 is 0. The Hall–Kier alpha value is -2.08. The molecular weight excluding hydrogens is 330 g/mol. The molecule has 6 heteroatoms. The number of amides is 1. The highest BCUT2D eigenvalue weighted by molar-refractivity contribution is 5.84. The van der Waals surface area contributed by atoms with Gasteiger partial charge in [0, 0.05) is 50.9 Å². The van der Waals surface area contributed by atoms with Crippen LogP contribution in [0.25, 0.3) is 0 Å². The van der Waals surface area contributed by atoms with Crippen LogP contribution in [0.1, 0.15) is 31.7 Å². The number of carbonyl (C=O) groups excluding carboxylic acids is 1. The van der Waals surface area contributed by atoms with E-state index in [-0.39, 0.29) is 11.9 Å². The number of nitrogens with zero attached hydrogens (tertiary/aromatic N) is 3. The van der Waals surface area contributed by atoms with Crippen molar-refractivity contribution in [1.82, 2.24) is 9.80 Å². The van der Waals surface area contributed by atoms with E-state index in [4.69, 9.17) is 0 Å². The number of carboxylic acid groups (broad SMARTS) is 1. The molecule has 1 atom stereocenters. The van der Waals surface area contributed by atoms with Gasteiger partial charge in [-0.05, 0) is 44.4 Å². The second-order valence-corrected chi connectivity index (χ2v) is 7.46. The average Bonchev–Trinajstić information content (AvgIpc) is 3.45. The molecule has 0 aromatic heterocycles. The summed E-state index contributed by atoms with van der Waals surface area (Å²) in [7, 11) is 0. The van der Waals surface area contributed by atoms with Crippen LogP contribution >= 0.6 is 0 Å². The Morgan fingerprint density at radius 3 is 2.50 bits per heavy atom. The lowest BCUT2D eigenvalue weighted by atomic mass is 10.2. The Bertz CT molecular complexity index is 651. The van der Waals surface area contributed by atoms with Crippen molar-refractivity contribution in [3.63, 3.8) is 0 Å². The van der Waals surface area contributed by atoms with Crippen LogP contribution in [0.15, 0.2) is 24.3 Å². The largest absolute Gasteiger partial charge is 0.480 e. The van der Waals surface area contributed by atoms with E-state index in [1.165, 1.54) is 11.3 Å². The summed E-state index contributed by atoms with van der Waals surface area (Å²) in [5.74, 6) is -0.944. The Kier molecular flexibility index (Phi) is 5.81. The molecular formula is C20H29N3O3. The first-order valence-corrected chi connectivity index (χ1v) is 9.53. The molecule has 2 fully saturated rings. The van der Waals surface area contributed by atoms with E-state index < -0.39 is 12.0 Å². The number of aryl methyl sites for hydroxylation is 1. The molecule has 0 bridgehead atoms. The smallest absolute Gasteiger partial charge is 0.326 e. The number of hydrogen-bond donors (Lipinski definition) is 1. The fourth-order valence-electron chi connectivity index (χ4n) is 3.64. The normalized spacial score (nSPS) is 19.2. The van der Waals surface area contributed by atoms with Crippen molar-refractivity contribution < 1.29 is 14.7 Å². The Labute approximate surface area is 155 Å². The molecule has 1 unspecified atom stereocenters. The molecule has 26 heavy (non-hydrogen) atoms. The second kappa shape index (κ2) is 8.08. The average molecular weight is 359 g/mol. The van der Waals surface area contributed by atoms with Gasteiger partial charge in [-0.25, -0.2) is 4.79 Å². The van der Waals surface area contributed by atoms with E-state index in [0.29, 0.717) is 13.0 Å². The molecule has 1 aliphatic heterocycles. The third-order valence-electron chi connectivity index (χ3n) is 5.38. The number of benzene rings is 1. The zero-order valence-electron chi connectivity index (χ0n) is 15.7. The molecule has 1 aromatic carbocycles. The highest BCUT2D eigenvalue weighted by Gasteiger charge is 2.38. The van der Waals surface area contributed by atoms with E-state index in [1.807, 2.05) is 0 Å². The number of hydrogen-bond acceptors (Lipinski definition) is 4. The first-order chi connectivity index (χ1) is 12.5. The number of carboxylic acids is 1. The summed E-state index contributed by atoms with van der Waals surface area (Å²) in [6.45, 7) is 8.19. The summed E-state index contributed by atoms with van der Waals surface area (Å²) in [4.78, 5) is 30.1. The number of piperazine rings is 1. The van der Waals surface area contributed by atoms with Gasteiger partial charge in [0.2, 0.25) is 5.91 Å². The van der Waals surface area contributed by atoms with Gasteiger partial charge in [0.1, 0.15) is 6.04 Å². The van der Waals surface area contributed by atoms with Crippen molar-refractivity contribution in [1.29, 1.82) is 0 Å². The maximum atomic E-state index is 12.6. The molecule has 1 amide bonds. The van der Waals surface area contributed by atoms with Crippen LogP contribution in [0.4, 0.5) is 5.69 Å². The first-order valence-electron chi connectivity index (χ1n) is 9.53. The van der Waals surface area contributed by atoms with Crippen LogP contribution in [0.3, 0.4) is 0 Å².